The van der Waals surface area contributed by atoms with Gasteiger partial charge in [0.1, 0.15) is 12.4 Å². The molecule has 0 radical (unpaired) electrons. The smallest absolute Gasteiger partial charge is 0.268 e. The van der Waals surface area contributed by atoms with Crippen LogP contribution in [0.2, 0.25) is 0 Å². The van der Waals surface area contributed by atoms with E-state index in [4.69, 9.17) is 4.74 Å². The summed E-state index contributed by atoms with van der Waals surface area (Å²) in [7, 11) is -3.34. The first-order chi connectivity index (χ1) is 10.4. The number of carbonyl (C=O) groups is 1. The van der Waals surface area contributed by atoms with Gasteiger partial charge >= 0.3 is 0 Å². The fourth-order valence-electron chi connectivity index (χ4n) is 2.35. The number of rotatable bonds is 2. The van der Waals surface area contributed by atoms with E-state index < -0.39 is 9.84 Å². The van der Waals surface area contributed by atoms with Crippen LogP contribution in [0.25, 0.3) is 0 Å². The zero-order chi connectivity index (χ0) is 15.9. The van der Waals surface area contributed by atoms with Crippen molar-refractivity contribution in [3.05, 3.63) is 40.1 Å². The molecule has 1 amide bonds. The van der Waals surface area contributed by atoms with E-state index in [0.29, 0.717) is 29.5 Å². The number of hydrogen-bond donors (Lipinski definition) is 0. The van der Waals surface area contributed by atoms with E-state index in [0.717, 1.165) is 11.8 Å². The zero-order valence-electron chi connectivity index (χ0n) is 12.2. The molecule has 1 aliphatic heterocycles. The molecule has 1 aromatic heterocycles. The van der Waals surface area contributed by atoms with Crippen molar-refractivity contribution < 1.29 is 17.9 Å². The van der Waals surface area contributed by atoms with Crippen LogP contribution in [0.4, 0.5) is 5.69 Å². The van der Waals surface area contributed by atoms with E-state index in [1.165, 1.54) is 23.5 Å². The number of nitrogens with zero attached hydrogens (tertiary/aromatic N) is 1. The highest BCUT2D eigenvalue weighted by Crippen LogP contribution is 2.35. The molecule has 0 N–H and O–H groups in total. The van der Waals surface area contributed by atoms with Gasteiger partial charge in [-0.3, -0.25) is 4.79 Å². The summed E-state index contributed by atoms with van der Waals surface area (Å²) < 4.78 is 29.0. The average molecular weight is 337 g/mol. The molecule has 1 aromatic carbocycles. The second kappa shape index (κ2) is 5.40. The lowest BCUT2D eigenvalue weighted by Gasteiger charge is -2.29. The monoisotopic (exact) mass is 337 g/mol. The lowest BCUT2D eigenvalue weighted by atomic mass is 10.2. The minimum absolute atomic E-state index is 0.122. The first kappa shape index (κ1) is 15.1. The van der Waals surface area contributed by atoms with Gasteiger partial charge in [-0.05, 0) is 42.1 Å². The Balaban J connectivity index is 2.07. The minimum atomic E-state index is -3.34. The van der Waals surface area contributed by atoms with E-state index in [-0.39, 0.29) is 10.8 Å². The van der Waals surface area contributed by atoms with Gasteiger partial charge in [-0.2, -0.15) is 0 Å². The first-order valence-electron chi connectivity index (χ1n) is 6.71. The van der Waals surface area contributed by atoms with E-state index in [1.54, 1.807) is 11.0 Å². The van der Waals surface area contributed by atoms with Gasteiger partial charge in [0.25, 0.3) is 5.91 Å². The van der Waals surface area contributed by atoms with Crippen LogP contribution in [0.3, 0.4) is 0 Å². The number of carbonyl (C=O) groups excluding carboxylic acids is 1. The second-order valence-corrected chi connectivity index (χ2v) is 8.07. The van der Waals surface area contributed by atoms with Gasteiger partial charge in [0.05, 0.1) is 22.0 Å². The van der Waals surface area contributed by atoms with E-state index in [1.807, 2.05) is 18.4 Å². The number of thiophene rings is 1. The molecule has 0 saturated carbocycles. The molecule has 0 saturated heterocycles. The molecule has 3 rings (SSSR count). The lowest BCUT2D eigenvalue weighted by Crippen LogP contribution is -2.38. The Labute approximate surface area is 133 Å². The Morgan fingerprint density at radius 2 is 2.09 bits per heavy atom. The maximum Gasteiger partial charge on any atom is 0.268 e. The fraction of sp³-hybridized carbons (Fsp3) is 0.267. The summed E-state index contributed by atoms with van der Waals surface area (Å²) in [5.74, 6) is 0.406. The fourth-order valence-corrected chi connectivity index (χ4v) is 3.87. The van der Waals surface area contributed by atoms with E-state index in [9.17, 15) is 13.2 Å². The number of hydrogen-bond acceptors (Lipinski definition) is 5. The van der Waals surface area contributed by atoms with Gasteiger partial charge in [-0.15, -0.1) is 11.3 Å². The zero-order valence-corrected chi connectivity index (χ0v) is 13.8. The van der Waals surface area contributed by atoms with E-state index >= 15 is 0 Å². The van der Waals surface area contributed by atoms with Crippen LogP contribution in [-0.4, -0.2) is 33.7 Å². The van der Waals surface area contributed by atoms with Crippen molar-refractivity contribution in [1.82, 2.24) is 0 Å². The Bertz CT molecular complexity index is 839. The van der Waals surface area contributed by atoms with Crippen LogP contribution in [0.5, 0.6) is 5.75 Å². The van der Waals surface area contributed by atoms with Gasteiger partial charge < -0.3 is 9.64 Å². The van der Waals surface area contributed by atoms with Crippen molar-refractivity contribution in [2.75, 3.05) is 24.3 Å². The molecule has 0 bridgehead atoms. The maximum absolute atomic E-state index is 12.7. The highest BCUT2D eigenvalue weighted by atomic mass is 32.2. The van der Waals surface area contributed by atoms with Crippen molar-refractivity contribution in [1.29, 1.82) is 0 Å². The molecule has 1 aliphatic rings. The van der Waals surface area contributed by atoms with Crippen LogP contribution >= 0.6 is 11.3 Å². The van der Waals surface area contributed by atoms with Crippen molar-refractivity contribution >= 4 is 32.8 Å². The standard InChI is InChI=1S/C15H15NO4S2/c1-10-5-8-21-14(10)15(17)16-6-7-20-13-4-3-11(9-12(13)16)22(2,18)19/h3-5,8-9H,6-7H2,1-2H3. The number of sulfone groups is 1. The minimum Gasteiger partial charge on any atom is -0.490 e. The average Bonchev–Trinajstić information content (AvgIpc) is 2.90. The number of aryl methyl sites for hydroxylation is 1. The third kappa shape index (κ3) is 2.62. The third-order valence-corrected chi connectivity index (χ3v) is 5.64. The third-order valence-electron chi connectivity index (χ3n) is 3.52. The Kier molecular flexibility index (Phi) is 3.70. The van der Waals surface area contributed by atoms with Crippen LogP contribution in [0.1, 0.15) is 15.2 Å². The van der Waals surface area contributed by atoms with Gasteiger partial charge in [0, 0.05) is 6.26 Å². The molecule has 5 nitrogen and oxygen atoms in total. The summed E-state index contributed by atoms with van der Waals surface area (Å²) in [5.41, 5.74) is 1.43. The van der Waals surface area contributed by atoms with Crippen LogP contribution in [-0.2, 0) is 9.84 Å². The molecule has 0 spiro atoms. The molecule has 22 heavy (non-hydrogen) atoms. The largest absolute Gasteiger partial charge is 0.490 e. The Morgan fingerprint density at radius 3 is 2.73 bits per heavy atom. The highest BCUT2D eigenvalue weighted by molar-refractivity contribution is 7.90. The predicted octanol–water partition coefficient (Wildman–Crippen LogP) is 2.50. The predicted molar refractivity (Wildman–Crippen MR) is 85.8 cm³/mol. The molecule has 0 unspecified atom stereocenters. The summed E-state index contributed by atoms with van der Waals surface area (Å²) in [4.78, 5) is 15.2. The number of amides is 1. The summed E-state index contributed by atoms with van der Waals surface area (Å²) >= 11 is 1.39. The number of ether oxygens (including phenoxy) is 1. The lowest BCUT2D eigenvalue weighted by molar-refractivity contribution is 0.0980. The van der Waals surface area contributed by atoms with Crippen LogP contribution in [0, 0.1) is 6.92 Å². The summed E-state index contributed by atoms with van der Waals surface area (Å²) in [6, 6.07) is 6.50. The van der Waals surface area contributed by atoms with Crippen LogP contribution in [0.15, 0.2) is 34.5 Å². The Hall–Kier alpha value is -1.86. The summed E-state index contributed by atoms with van der Waals surface area (Å²) in [6.07, 6.45) is 1.15. The molecule has 0 aliphatic carbocycles. The van der Waals surface area contributed by atoms with Gasteiger partial charge in [0.15, 0.2) is 9.84 Å². The van der Waals surface area contributed by atoms with Crippen molar-refractivity contribution in [3.8, 4) is 5.75 Å². The number of benzene rings is 1. The quantitative estimate of drug-likeness (QED) is 0.845. The number of fused-ring (bicyclic) bond motifs is 1. The molecular formula is C15H15NO4S2. The summed E-state index contributed by atoms with van der Waals surface area (Å²) in [5, 5.41) is 1.87. The molecule has 0 atom stereocenters. The number of anilines is 1. The molecule has 7 heteroatoms. The van der Waals surface area contributed by atoms with Gasteiger partial charge in [-0.25, -0.2) is 8.42 Å². The molecule has 2 heterocycles. The van der Waals surface area contributed by atoms with Gasteiger partial charge in [0.2, 0.25) is 0 Å². The van der Waals surface area contributed by atoms with Crippen molar-refractivity contribution in [2.45, 2.75) is 11.8 Å². The summed E-state index contributed by atoms with van der Waals surface area (Å²) in [6.45, 7) is 2.68. The molecular weight excluding hydrogens is 322 g/mol. The first-order valence-corrected chi connectivity index (χ1v) is 9.48. The highest BCUT2D eigenvalue weighted by Gasteiger charge is 2.27. The molecule has 2 aromatic rings. The van der Waals surface area contributed by atoms with Gasteiger partial charge in [-0.1, -0.05) is 0 Å². The maximum atomic E-state index is 12.7. The van der Waals surface area contributed by atoms with Crippen molar-refractivity contribution in [2.24, 2.45) is 0 Å². The second-order valence-electron chi connectivity index (χ2n) is 5.14. The van der Waals surface area contributed by atoms with E-state index in [2.05, 4.69) is 0 Å². The Morgan fingerprint density at radius 1 is 1.32 bits per heavy atom. The normalized spacial score (nSPS) is 14.4. The van der Waals surface area contributed by atoms with Crippen molar-refractivity contribution in [3.63, 3.8) is 0 Å². The molecule has 0 fully saturated rings. The molecule has 116 valence electrons. The van der Waals surface area contributed by atoms with Crippen LogP contribution < -0.4 is 9.64 Å². The topological polar surface area (TPSA) is 63.7 Å². The SMILES string of the molecule is Cc1ccsc1C(=O)N1CCOc2ccc(S(C)(=O)=O)cc21.